The highest BCUT2D eigenvalue weighted by molar-refractivity contribution is 7.89. The van der Waals surface area contributed by atoms with Gasteiger partial charge in [-0.1, -0.05) is 30.7 Å². The van der Waals surface area contributed by atoms with Crippen LogP contribution in [0.15, 0.2) is 24.3 Å². The fourth-order valence-corrected chi connectivity index (χ4v) is 5.08. The second kappa shape index (κ2) is 6.46. The van der Waals surface area contributed by atoms with Crippen LogP contribution in [0.25, 0.3) is 0 Å². The van der Waals surface area contributed by atoms with Crippen LogP contribution in [-0.4, -0.2) is 37.6 Å². The molecule has 0 radical (unpaired) electrons. The first-order chi connectivity index (χ1) is 10.1. The van der Waals surface area contributed by atoms with Gasteiger partial charge in [0.15, 0.2) is 0 Å². The van der Waals surface area contributed by atoms with Crippen LogP contribution in [-0.2, 0) is 23.0 Å². The van der Waals surface area contributed by atoms with Crippen molar-refractivity contribution in [1.82, 2.24) is 9.62 Å². The van der Waals surface area contributed by atoms with Gasteiger partial charge in [0.25, 0.3) is 0 Å². The van der Waals surface area contributed by atoms with Crippen LogP contribution < -0.4 is 5.32 Å². The number of piperidine rings is 1. The maximum absolute atomic E-state index is 12.7. The normalized spacial score (nSPS) is 24.3. The number of sulfonamides is 1. The summed E-state index contributed by atoms with van der Waals surface area (Å²) in [6.45, 7) is 2.12. The fourth-order valence-electron chi connectivity index (χ4n) is 3.33. The predicted molar refractivity (Wildman–Crippen MR) is 84.6 cm³/mol. The molecule has 0 aliphatic carbocycles. The van der Waals surface area contributed by atoms with E-state index >= 15 is 0 Å². The highest BCUT2D eigenvalue weighted by Gasteiger charge is 2.28. The molecule has 1 unspecified atom stereocenters. The molecule has 0 bridgehead atoms. The van der Waals surface area contributed by atoms with Crippen molar-refractivity contribution in [2.75, 3.05) is 18.8 Å². The van der Waals surface area contributed by atoms with Crippen LogP contribution in [0, 0.1) is 0 Å². The van der Waals surface area contributed by atoms with E-state index in [1.54, 1.807) is 4.31 Å². The molecule has 0 saturated carbocycles. The molecule has 0 spiro atoms. The van der Waals surface area contributed by atoms with Gasteiger partial charge in [-0.3, -0.25) is 0 Å². The van der Waals surface area contributed by atoms with Crippen molar-refractivity contribution in [3.8, 4) is 0 Å². The molecule has 1 fully saturated rings. The summed E-state index contributed by atoms with van der Waals surface area (Å²) in [5.41, 5.74) is 2.46. The van der Waals surface area contributed by atoms with Crippen LogP contribution in [0.1, 0.15) is 36.8 Å². The van der Waals surface area contributed by atoms with Crippen LogP contribution in [0.4, 0.5) is 0 Å². The first-order valence-electron chi connectivity index (χ1n) is 7.93. The average Bonchev–Trinajstić information content (AvgIpc) is 2.70. The molecule has 3 rings (SSSR count). The van der Waals surface area contributed by atoms with E-state index in [1.165, 1.54) is 5.56 Å². The minimum absolute atomic E-state index is 0.127. The van der Waals surface area contributed by atoms with Crippen molar-refractivity contribution in [3.05, 3.63) is 35.4 Å². The lowest BCUT2D eigenvalue weighted by Crippen LogP contribution is -2.44. The maximum Gasteiger partial charge on any atom is 0.215 e. The van der Waals surface area contributed by atoms with Crippen molar-refractivity contribution in [2.24, 2.45) is 0 Å². The van der Waals surface area contributed by atoms with Gasteiger partial charge in [0.1, 0.15) is 0 Å². The highest BCUT2D eigenvalue weighted by atomic mass is 32.2. The Bertz CT molecular complexity index is 580. The SMILES string of the molecule is O=S(=O)(CC1CCCCN1)N1CCCc2ccccc2C1. The zero-order chi connectivity index (χ0) is 14.7. The zero-order valence-electron chi connectivity index (χ0n) is 12.4. The molecule has 0 amide bonds. The number of hydrogen-bond acceptors (Lipinski definition) is 3. The minimum Gasteiger partial charge on any atom is -0.313 e. The smallest absolute Gasteiger partial charge is 0.215 e. The molecular formula is C16H24N2O2S. The Morgan fingerprint density at radius 2 is 1.95 bits per heavy atom. The van der Waals surface area contributed by atoms with Crippen molar-refractivity contribution >= 4 is 10.0 Å². The van der Waals surface area contributed by atoms with E-state index in [1.807, 2.05) is 12.1 Å². The molecule has 2 aliphatic heterocycles. The summed E-state index contributed by atoms with van der Waals surface area (Å²) >= 11 is 0. The highest BCUT2D eigenvalue weighted by Crippen LogP contribution is 2.21. The summed E-state index contributed by atoms with van der Waals surface area (Å²) in [4.78, 5) is 0. The standard InChI is InChI=1S/C16H24N2O2S/c19-21(20,13-16-9-3-4-10-17-16)18-11-5-8-14-6-1-2-7-15(14)12-18/h1-2,6-7,16-17H,3-5,8-13H2. The monoisotopic (exact) mass is 308 g/mol. The number of nitrogens with one attached hydrogen (secondary N) is 1. The van der Waals surface area contributed by atoms with E-state index in [9.17, 15) is 8.42 Å². The maximum atomic E-state index is 12.7. The molecule has 116 valence electrons. The third-order valence-corrected chi connectivity index (χ3v) is 6.46. The van der Waals surface area contributed by atoms with Crippen molar-refractivity contribution in [2.45, 2.75) is 44.7 Å². The third-order valence-electron chi connectivity index (χ3n) is 4.54. The van der Waals surface area contributed by atoms with E-state index in [0.29, 0.717) is 13.1 Å². The van der Waals surface area contributed by atoms with Gasteiger partial charge in [0.05, 0.1) is 5.75 Å². The average molecular weight is 308 g/mol. The lowest BCUT2D eigenvalue weighted by molar-refractivity contribution is 0.387. The van der Waals surface area contributed by atoms with E-state index in [-0.39, 0.29) is 11.8 Å². The molecule has 2 aliphatic rings. The van der Waals surface area contributed by atoms with Gasteiger partial charge < -0.3 is 5.32 Å². The molecule has 1 atom stereocenters. The van der Waals surface area contributed by atoms with Crippen LogP contribution in [0.5, 0.6) is 0 Å². The quantitative estimate of drug-likeness (QED) is 0.928. The second-order valence-electron chi connectivity index (χ2n) is 6.13. The van der Waals surface area contributed by atoms with Gasteiger partial charge in [0, 0.05) is 19.1 Å². The van der Waals surface area contributed by atoms with Gasteiger partial charge >= 0.3 is 0 Å². The number of nitrogens with zero attached hydrogens (tertiary/aromatic N) is 1. The predicted octanol–water partition coefficient (Wildman–Crippen LogP) is 1.91. The second-order valence-corrected chi connectivity index (χ2v) is 8.14. The molecule has 21 heavy (non-hydrogen) atoms. The Hall–Kier alpha value is -0.910. The van der Waals surface area contributed by atoms with Gasteiger partial charge in [0.2, 0.25) is 10.0 Å². The number of aryl methyl sites for hydroxylation is 1. The molecule has 5 heteroatoms. The summed E-state index contributed by atoms with van der Waals surface area (Å²) in [5, 5.41) is 3.34. The molecule has 1 aromatic rings. The largest absolute Gasteiger partial charge is 0.313 e. The Balaban J connectivity index is 1.73. The molecule has 1 saturated heterocycles. The Kier molecular flexibility index (Phi) is 4.62. The molecule has 4 nitrogen and oxygen atoms in total. The van der Waals surface area contributed by atoms with Crippen molar-refractivity contribution < 1.29 is 8.42 Å². The number of fused-ring (bicyclic) bond motifs is 1. The minimum atomic E-state index is -3.18. The van der Waals surface area contributed by atoms with E-state index in [0.717, 1.165) is 44.2 Å². The van der Waals surface area contributed by atoms with Crippen LogP contribution in [0.3, 0.4) is 0 Å². The molecule has 2 heterocycles. The first kappa shape index (κ1) is 15.0. The summed E-state index contributed by atoms with van der Waals surface area (Å²) < 4.78 is 27.1. The Morgan fingerprint density at radius 3 is 2.71 bits per heavy atom. The van der Waals surface area contributed by atoms with E-state index in [4.69, 9.17) is 0 Å². The van der Waals surface area contributed by atoms with Gasteiger partial charge in [-0.05, 0) is 43.4 Å². The number of hydrogen-bond donors (Lipinski definition) is 1. The van der Waals surface area contributed by atoms with Crippen molar-refractivity contribution in [1.29, 1.82) is 0 Å². The van der Waals surface area contributed by atoms with Crippen LogP contribution in [0.2, 0.25) is 0 Å². The fraction of sp³-hybridized carbons (Fsp3) is 0.625. The molecule has 0 aromatic heterocycles. The summed E-state index contributed by atoms with van der Waals surface area (Å²) in [7, 11) is -3.18. The van der Waals surface area contributed by atoms with Gasteiger partial charge in [-0.2, -0.15) is 4.31 Å². The lowest BCUT2D eigenvalue weighted by Gasteiger charge is -2.27. The molecular weight excluding hydrogens is 284 g/mol. The van der Waals surface area contributed by atoms with Crippen LogP contribution >= 0.6 is 0 Å². The zero-order valence-corrected chi connectivity index (χ0v) is 13.2. The third kappa shape index (κ3) is 3.65. The lowest BCUT2D eigenvalue weighted by atomic mass is 10.0. The van der Waals surface area contributed by atoms with E-state index in [2.05, 4.69) is 17.4 Å². The molecule has 1 N–H and O–H groups in total. The number of rotatable bonds is 3. The summed E-state index contributed by atoms with van der Waals surface area (Å²) in [6.07, 6.45) is 5.16. The first-order valence-corrected chi connectivity index (χ1v) is 9.54. The Labute approximate surface area is 127 Å². The number of benzene rings is 1. The summed E-state index contributed by atoms with van der Waals surface area (Å²) in [5.74, 6) is 0.245. The summed E-state index contributed by atoms with van der Waals surface area (Å²) in [6, 6.07) is 8.34. The topological polar surface area (TPSA) is 49.4 Å². The molecule has 1 aromatic carbocycles. The van der Waals surface area contributed by atoms with Crippen molar-refractivity contribution in [3.63, 3.8) is 0 Å². The van der Waals surface area contributed by atoms with Gasteiger partial charge in [-0.25, -0.2) is 8.42 Å². The van der Waals surface area contributed by atoms with Gasteiger partial charge in [-0.15, -0.1) is 0 Å². The van der Waals surface area contributed by atoms with E-state index < -0.39 is 10.0 Å². The Morgan fingerprint density at radius 1 is 1.14 bits per heavy atom.